The molecule has 0 aliphatic heterocycles. The number of rotatable bonds is 5. The summed E-state index contributed by atoms with van der Waals surface area (Å²) in [7, 11) is 1.59. The van der Waals surface area contributed by atoms with E-state index in [2.05, 4.69) is 5.32 Å². The number of aliphatic hydroxyl groups excluding tert-OH is 1. The standard InChI is InChI=1S/C11H15NO3/c1-15-7-6-12-11(14)10-4-2-9(8-13)3-5-10/h2-5,13H,6-8H2,1H3,(H,12,14). The number of nitrogens with one attached hydrogen (secondary N) is 1. The number of ether oxygens (including phenoxy) is 1. The van der Waals surface area contributed by atoms with Crippen LogP contribution in [0.4, 0.5) is 0 Å². The fourth-order valence-corrected chi connectivity index (χ4v) is 1.13. The molecule has 1 aromatic carbocycles. The van der Waals surface area contributed by atoms with Crippen molar-refractivity contribution in [2.45, 2.75) is 6.61 Å². The predicted molar refractivity (Wildman–Crippen MR) is 56.6 cm³/mol. The molecule has 4 heteroatoms. The Bertz CT molecular complexity index is 308. The fraction of sp³-hybridized carbons (Fsp3) is 0.364. The van der Waals surface area contributed by atoms with Crippen LogP contribution in [-0.2, 0) is 11.3 Å². The van der Waals surface area contributed by atoms with Crippen LogP contribution < -0.4 is 5.32 Å². The second kappa shape index (κ2) is 6.16. The van der Waals surface area contributed by atoms with Crippen molar-refractivity contribution in [2.24, 2.45) is 0 Å². The lowest BCUT2D eigenvalue weighted by Crippen LogP contribution is -2.26. The number of carbonyl (C=O) groups excluding carboxylic acids is 1. The number of aliphatic hydroxyl groups is 1. The summed E-state index contributed by atoms with van der Waals surface area (Å²) in [6.45, 7) is 0.989. The van der Waals surface area contributed by atoms with Gasteiger partial charge in [0.2, 0.25) is 0 Å². The van der Waals surface area contributed by atoms with E-state index in [1.165, 1.54) is 0 Å². The largest absolute Gasteiger partial charge is 0.392 e. The van der Waals surface area contributed by atoms with Crippen molar-refractivity contribution < 1.29 is 14.6 Å². The third-order valence-electron chi connectivity index (χ3n) is 1.99. The van der Waals surface area contributed by atoms with Gasteiger partial charge in [-0.1, -0.05) is 12.1 Å². The first-order valence-corrected chi connectivity index (χ1v) is 4.75. The monoisotopic (exact) mass is 209 g/mol. The highest BCUT2D eigenvalue weighted by Gasteiger charge is 2.03. The van der Waals surface area contributed by atoms with Crippen molar-refractivity contribution >= 4 is 5.91 Å². The number of methoxy groups -OCH3 is 1. The minimum Gasteiger partial charge on any atom is -0.392 e. The van der Waals surface area contributed by atoms with Gasteiger partial charge in [-0.3, -0.25) is 4.79 Å². The number of amides is 1. The molecule has 0 radical (unpaired) electrons. The third-order valence-corrected chi connectivity index (χ3v) is 1.99. The first kappa shape index (κ1) is 11.7. The second-order valence-electron chi connectivity index (χ2n) is 3.10. The zero-order valence-corrected chi connectivity index (χ0v) is 8.69. The van der Waals surface area contributed by atoms with E-state index >= 15 is 0 Å². The molecule has 0 aromatic heterocycles. The number of hydrogen-bond acceptors (Lipinski definition) is 3. The van der Waals surface area contributed by atoms with E-state index in [9.17, 15) is 4.79 Å². The Morgan fingerprint density at radius 1 is 1.40 bits per heavy atom. The molecule has 0 fully saturated rings. The molecule has 0 spiro atoms. The topological polar surface area (TPSA) is 58.6 Å². The molecule has 0 bridgehead atoms. The van der Waals surface area contributed by atoms with E-state index in [-0.39, 0.29) is 12.5 Å². The smallest absolute Gasteiger partial charge is 0.251 e. The van der Waals surface area contributed by atoms with Crippen LogP contribution in [0.3, 0.4) is 0 Å². The molecule has 0 unspecified atom stereocenters. The van der Waals surface area contributed by atoms with Crippen LogP contribution in [-0.4, -0.2) is 31.3 Å². The molecule has 1 aromatic rings. The highest BCUT2D eigenvalue weighted by atomic mass is 16.5. The van der Waals surface area contributed by atoms with Crippen molar-refractivity contribution in [2.75, 3.05) is 20.3 Å². The Hall–Kier alpha value is -1.39. The summed E-state index contributed by atoms with van der Waals surface area (Å²) in [5.41, 5.74) is 1.38. The van der Waals surface area contributed by atoms with Gasteiger partial charge in [-0.2, -0.15) is 0 Å². The van der Waals surface area contributed by atoms with Gasteiger partial charge < -0.3 is 15.2 Å². The Kier molecular flexibility index (Phi) is 4.80. The van der Waals surface area contributed by atoms with Gasteiger partial charge in [0.05, 0.1) is 13.2 Å². The molecular formula is C11H15NO3. The van der Waals surface area contributed by atoms with Gasteiger partial charge in [-0.05, 0) is 17.7 Å². The molecule has 0 saturated heterocycles. The molecule has 1 amide bonds. The highest BCUT2D eigenvalue weighted by Crippen LogP contribution is 2.03. The van der Waals surface area contributed by atoms with Crippen LogP contribution in [0.1, 0.15) is 15.9 Å². The molecule has 0 aliphatic rings. The molecule has 4 nitrogen and oxygen atoms in total. The summed E-state index contributed by atoms with van der Waals surface area (Å²) in [5, 5.41) is 11.5. The average Bonchev–Trinajstić information content (AvgIpc) is 2.29. The maximum Gasteiger partial charge on any atom is 0.251 e. The van der Waals surface area contributed by atoms with Gasteiger partial charge in [0.1, 0.15) is 0 Å². The lowest BCUT2D eigenvalue weighted by molar-refractivity contribution is 0.0937. The van der Waals surface area contributed by atoms with Gasteiger partial charge in [0.15, 0.2) is 0 Å². The van der Waals surface area contributed by atoms with E-state index < -0.39 is 0 Å². The van der Waals surface area contributed by atoms with Crippen LogP contribution in [0.5, 0.6) is 0 Å². The van der Waals surface area contributed by atoms with Gasteiger partial charge >= 0.3 is 0 Å². The molecule has 82 valence electrons. The minimum absolute atomic E-state index is 0.00836. The van der Waals surface area contributed by atoms with E-state index in [0.717, 1.165) is 5.56 Å². The van der Waals surface area contributed by atoms with Crippen LogP contribution in [0.2, 0.25) is 0 Å². The van der Waals surface area contributed by atoms with Crippen LogP contribution in [0.15, 0.2) is 24.3 Å². The van der Waals surface area contributed by atoms with Crippen LogP contribution in [0.25, 0.3) is 0 Å². The SMILES string of the molecule is COCCNC(=O)c1ccc(CO)cc1. The second-order valence-corrected chi connectivity index (χ2v) is 3.10. The molecule has 0 saturated carbocycles. The van der Waals surface area contributed by atoms with E-state index in [0.29, 0.717) is 18.7 Å². The Balaban J connectivity index is 2.50. The summed E-state index contributed by atoms with van der Waals surface area (Å²) in [4.78, 5) is 11.5. The molecular weight excluding hydrogens is 194 g/mol. The molecule has 0 atom stereocenters. The first-order chi connectivity index (χ1) is 7.27. The summed E-state index contributed by atoms with van der Waals surface area (Å²) < 4.78 is 4.82. The minimum atomic E-state index is -0.128. The fourth-order valence-electron chi connectivity index (χ4n) is 1.13. The first-order valence-electron chi connectivity index (χ1n) is 4.75. The van der Waals surface area contributed by atoms with Crippen molar-refractivity contribution in [3.8, 4) is 0 Å². The Morgan fingerprint density at radius 2 is 2.07 bits per heavy atom. The summed E-state index contributed by atoms with van der Waals surface area (Å²) in [6.07, 6.45) is 0. The van der Waals surface area contributed by atoms with Crippen LogP contribution >= 0.6 is 0 Å². The van der Waals surface area contributed by atoms with Gasteiger partial charge in [-0.25, -0.2) is 0 Å². The molecule has 15 heavy (non-hydrogen) atoms. The van der Waals surface area contributed by atoms with Crippen LogP contribution in [0, 0.1) is 0 Å². The molecule has 0 heterocycles. The number of carbonyl (C=O) groups is 1. The van der Waals surface area contributed by atoms with Crippen molar-refractivity contribution in [3.63, 3.8) is 0 Å². The molecule has 1 rings (SSSR count). The zero-order valence-electron chi connectivity index (χ0n) is 8.69. The third kappa shape index (κ3) is 3.69. The van der Waals surface area contributed by atoms with E-state index in [4.69, 9.17) is 9.84 Å². The number of hydrogen-bond donors (Lipinski definition) is 2. The van der Waals surface area contributed by atoms with Gasteiger partial charge in [0, 0.05) is 19.2 Å². The van der Waals surface area contributed by atoms with E-state index in [1.807, 2.05) is 0 Å². The maximum atomic E-state index is 11.5. The highest BCUT2D eigenvalue weighted by molar-refractivity contribution is 5.94. The van der Waals surface area contributed by atoms with Gasteiger partial charge in [-0.15, -0.1) is 0 Å². The van der Waals surface area contributed by atoms with Gasteiger partial charge in [0.25, 0.3) is 5.91 Å². The lowest BCUT2D eigenvalue weighted by atomic mass is 10.1. The average molecular weight is 209 g/mol. The van der Waals surface area contributed by atoms with Crippen molar-refractivity contribution in [1.29, 1.82) is 0 Å². The van der Waals surface area contributed by atoms with Crippen molar-refractivity contribution in [1.82, 2.24) is 5.32 Å². The molecule has 2 N–H and O–H groups in total. The Labute approximate surface area is 88.9 Å². The van der Waals surface area contributed by atoms with Crippen molar-refractivity contribution in [3.05, 3.63) is 35.4 Å². The summed E-state index contributed by atoms with van der Waals surface area (Å²) >= 11 is 0. The predicted octanol–water partition coefficient (Wildman–Crippen LogP) is 0.555. The lowest BCUT2D eigenvalue weighted by Gasteiger charge is -2.04. The van der Waals surface area contributed by atoms with E-state index in [1.54, 1.807) is 31.4 Å². The molecule has 0 aliphatic carbocycles. The quantitative estimate of drug-likeness (QED) is 0.696. The summed E-state index contributed by atoms with van der Waals surface area (Å²) in [6, 6.07) is 6.83. The normalized spacial score (nSPS) is 10.0. The summed E-state index contributed by atoms with van der Waals surface area (Å²) in [5.74, 6) is -0.128. The number of benzene rings is 1. The maximum absolute atomic E-state index is 11.5. The zero-order chi connectivity index (χ0) is 11.1. The Morgan fingerprint density at radius 3 is 2.60 bits per heavy atom.